The highest BCUT2D eigenvalue weighted by atomic mass is 32.1. The van der Waals surface area contributed by atoms with Crippen LogP contribution in [0.3, 0.4) is 0 Å². The van der Waals surface area contributed by atoms with Gasteiger partial charge in [0.15, 0.2) is 5.13 Å². The van der Waals surface area contributed by atoms with Crippen molar-refractivity contribution >= 4 is 28.5 Å². The van der Waals surface area contributed by atoms with Crippen molar-refractivity contribution in [2.75, 3.05) is 5.32 Å². The maximum absolute atomic E-state index is 13.1. The van der Waals surface area contributed by atoms with E-state index >= 15 is 0 Å². The third kappa shape index (κ3) is 6.37. The van der Waals surface area contributed by atoms with E-state index in [1.54, 1.807) is 42.6 Å². The molecule has 1 N–H and O–H groups in total. The van der Waals surface area contributed by atoms with E-state index in [-0.39, 0.29) is 11.4 Å². The molecule has 34 heavy (non-hydrogen) atoms. The second-order valence-electron chi connectivity index (χ2n) is 7.40. The molecule has 0 bridgehead atoms. The first-order valence-electron chi connectivity index (χ1n) is 10.5. The molecule has 7 heteroatoms. The number of ether oxygens (including phenoxy) is 1. The molecule has 0 unspecified atom stereocenters. The molecule has 0 aliphatic carbocycles. The molecule has 0 radical (unpaired) electrons. The van der Waals surface area contributed by atoms with Gasteiger partial charge in [0.2, 0.25) is 0 Å². The lowest BCUT2D eigenvalue weighted by Gasteiger charge is -2.06. The van der Waals surface area contributed by atoms with Crippen molar-refractivity contribution in [1.82, 2.24) is 4.98 Å². The number of nitrogens with one attached hydrogen (secondary N) is 1. The van der Waals surface area contributed by atoms with E-state index in [0.717, 1.165) is 16.0 Å². The summed E-state index contributed by atoms with van der Waals surface area (Å²) >= 11 is 1.31. The summed E-state index contributed by atoms with van der Waals surface area (Å²) in [6.07, 6.45) is 3.75. The molecule has 0 saturated heterocycles. The minimum atomic E-state index is -0.533. The predicted octanol–water partition coefficient (Wildman–Crippen LogP) is 6.00. The fourth-order valence-corrected chi connectivity index (χ4v) is 3.97. The lowest BCUT2D eigenvalue weighted by atomic mass is 10.1. The van der Waals surface area contributed by atoms with Gasteiger partial charge < -0.3 is 4.74 Å². The van der Waals surface area contributed by atoms with Gasteiger partial charge in [-0.2, -0.15) is 5.26 Å². The summed E-state index contributed by atoms with van der Waals surface area (Å²) in [5.41, 5.74) is 2.68. The number of benzene rings is 3. The summed E-state index contributed by atoms with van der Waals surface area (Å²) in [6, 6.07) is 25.2. The van der Waals surface area contributed by atoms with Gasteiger partial charge in [-0.1, -0.05) is 54.6 Å². The number of anilines is 1. The van der Waals surface area contributed by atoms with Gasteiger partial charge in [0.25, 0.3) is 5.91 Å². The molecule has 4 rings (SSSR count). The molecule has 0 spiro atoms. The number of carbonyl (C=O) groups is 1. The molecule has 0 fully saturated rings. The Morgan fingerprint density at radius 3 is 2.47 bits per heavy atom. The fourth-order valence-electron chi connectivity index (χ4n) is 3.13. The van der Waals surface area contributed by atoms with Crippen molar-refractivity contribution < 1.29 is 13.9 Å². The van der Waals surface area contributed by atoms with Crippen LogP contribution in [0.4, 0.5) is 9.52 Å². The molecule has 5 nitrogen and oxygen atoms in total. The minimum absolute atomic E-state index is 0.0340. The molecule has 0 saturated carbocycles. The van der Waals surface area contributed by atoms with Crippen LogP contribution in [0.25, 0.3) is 6.08 Å². The summed E-state index contributed by atoms with van der Waals surface area (Å²) in [6.45, 7) is 0.457. The van der Waals surface area contributed by atoms with Crippen LogP contribution in [0.2, 0.25) is 0 Å². The molecule has 0 aliphatic rings. The number of rotatable bonds is 8. The van der Waals surface area contributed by atoms with Gasteiger partial charge in [-0.25, -0.2) is 9.37 Å². The van der Waals surface area contributed by atoms with Gasteiger partial charge in [0.05, 0.1) is 0 Å². The third-order valence-corrected chi connectivity index (χ3v) is 5.78. The Morgan fingerprint density at radius 1 is 1.03 bits per heavy atom. The van der Waals surface area contributed by atoms with Crippen molar-refractivity contribution in [2.24, 2.45) is 0 Å². The summed E-state index contributed by atoms with van der Waals surface area (Å²) in [5.74, 6) is -0.124. The highest BCUT2D eigenvalue weighted by molar-refractivity contribution is 7.15. The van der Waals surface area contributed by atoms with Crippen molar-refractivity contribution in [2.45, 2.75) is 13.0 Å². The zero-order chi connectivity index (χ0) is 23.8. The van der Waals surface area contributed by atoms with Gasteiger partial charge in [0, 0.05) is 17.5 Å². The van der Waals surface area contributed by atoms with E-state index in [9.17, 15) is 14.4 Å². The fraction of sp³-hybridized carbons (Fsp3) is 0.0741. The van der Waals surface area contributed by atoms with Crippen LogP contribution in [0.1, 0.15) is 21.6 Å². The first kappa shape index (κ1) is 22.9. The first-order valence-corrected chi connectivity index (χ1v) is 11.3. The molecule has 1 amide bonds. The second kappa shape index (κ2) is 11.0. The number of amides is 1. The van der Waals surface area contributed by atoms with E-state index in [4.69, 9.17) is 4.74 Å². The van der Waals surface area contributed by atoms with Crippen molar-refractivity contribution in [3.8, 4) is 11.8 Å². The molecule has 0 atom stereocenters. The number of thiazole rings is 1. The van der Waals surface area contributed by atoms with Crippen LogP contribution in [0, 0.1) is 17.1 Å². The van der Waals surface area contributed by atoms with Crippen molar-refractivity contribution in [1.29, 1.82) is 5.26 Å². The molecule has 1 aromatic heterocycles. The molecular weight excluding hydrogens is 449 g/mol. The molecular formula is C27H20FN3O2S. The standard InChI is InChI=1S/C27H20FN3O2S/c28-23-10-6-20(7-11-23)15-25-17-30-27(34-25)31-26(32)22(16-29)14-19-8-12-24(13-9-19)33-18-21-4-2-1-3-5-21/h1-14,17H,15,18H2,(H,30,31,32)/b22-14-. The highest BCUT2D eigenvalue weighted by Gasteiger charge is 2.12. The second-order valence-corrected chi connectivity index (χ2v) is 8.52. The van der Waals surface area contributed by atoms with E-state index in [0.29, 0.717) is 29.5 Å². The lowest BCUT2D eigenvalue weighted by molar-refractivity contribution is -0.112. The minimum Gasteiger partial charge on any atom is -0.489 e. The van der Waals surface area contributed by atoms with E-state index in [2.05, 4.69) is 10.3 Å². The Morgan fingerprint density at radius 2 is 1.76 bits per heavy atom. The summed E-state index contributed by atoms with van der Waals surface area (Å²) in [5, 5.41) is 12.5. The Balaban J connectivity index is 1.35. The normalized spacial score (nSPS) is 11.0. The van der Waals surface area contributed by atoms with Crippen LogP contribution >= 0.6 is 11.3 Å². The molecule has 1 heterocycles. The Hall–Kier alpha value is -4.28. The quantitative estimate of drug-likeness (QED) is 0.254. The van der Waals surface area contributed by atoms with Crippen LogP contribution in [-0.4, -0.2) is 10.9 Å². The summed E-state index contributed by atoms with van der Waals surface area (Å²) < 4.78 is 18.8. The maximum atomic E-state index is 13.1. The van der Waals surface area contributed by atoms with Crippen LogP contribution in [0.5, 0.6) is 5.75 Å². The van der Waals surface area contributed by atoms with Gasteiger partial charge >= 0.3 is 0 Å². The van der Waals surface area contributed by atoms with Gasteiger partial charge in [-0.3, -0.25) is 10.1 Å². The van der Waals surface area contributed by atoms with Gasteiger partial charge in [-0.15, -0.1) is 11.3 Å². The van der Waals surface area contributed by atoms with Crippen molar-refractivity contribution in [3.63, 3.8) is 0 Å². The zero-order valence-corrected chi connectivity index (χ0v) is 18.9. The Kier molecular flexibility index (Phi) is 7.43. The summed E-state index contributed by atoms with van der Waals surface area (Å²) in [4.78, 5) is 17.7. The maximum Gasteiger partial charge on any atom is 0.268 e. The monoisotopic (exact) mass is 469 g/mol. The number of aromatic nitrogens is 1. The van der Waals surface area contributed by atoms with Gasteiger partial charge in [0.1, 0.15) is 29.8 Å². The van der Waals surface area contributed by atoms with E-state index in [1.165, 1.54) is 29.5 Å². The largest absolute Gasteiger partial charge is 0.489 e. The number of hydrogen-bond acceptors (Lipinski definition) is 5. The first-order chi connectivity index (χ1) is 16.6. The van der Waals surface area contributed by atoms with Crippen LogP contribution in [-0.2, 0) is 17.8 Å². The number of hydrogen-bond donors (Lipinski definition) is 1. The zero-order valence-electron chi connectivity index (χ0n) is 18.1. The van der Waals surface area contributed by atoms with Gasteiger partial charge in [-0.05, 0) is 47.0 Å². The number of halogens is 1. The number of nitriles is 1. The Labute approximate surface area is 200 Å². The topological polar surface area (TPSA) is 75.0 Å². The molecule has 3 aromatic carbocycles. The van der Waals surface area contributed by atoms with E-state index in [1.807, 2.05) is 36.4 Å². The molecule has 168 valence electrons. The van der Waals surface area contributed by atoms with Crippen LogP contribution in [0.15, 0.2) is 90.6 Å². The average molecular weight is 470 g/mol. The van der Waals surface area contributed by atoms with E-state index < -0.39 is 5.91 Å². The average Bonchev–Trinajstić information content (AvgIpc) is 3.30. The smallest absolute Gasteiger partial charge is 0.268 e. The highest BCUT2D eigenvalue weighted by Crippen LogP contribution is 2.22. The predicted molar refractivity (Wildman–Crippen MR) is 131 cm³/mol. The number of nitrogens with zero attached hydrogens (tertiary/aromatic N) is 2. The summed E-state index contributed by atoms with van der Waals surface area (Å²) in [7, 11) is 0. The SMILES string of the molecule is N#C/C(=C/c1ccc(OCc2ccccc2)cc1)C(=O)Nc1ncc(Cc2ccc(F)cc2)s1. The van der Waals surface area contributed by atoms with Crippen LogP contribution < -0.4 is 10.1 Å². The molecule has 0 aliphatic heterocycles. The van der Waals surface area contributed by atoms with Crippen molar-refractivity contribution in [3.05, 3.63) is 118 Å². The molecule has 4 aromatic rings. The number of carbonyl (C=O) groups excluding carboxylic acids is 1. The third-order valence-electron chi connectivity index (χ3n) is 4.87. The Bertz CT molecular complexity index is 1330. The lowest BCUT2D eigenvalue weighted by Crippen LogP contribution is -2.13.